The number of hydrogen-bond donors (Lipinski definition) is 2. The maximum absolute atomic E-state index is 13.2. The minimum atomic E-state index is -0.573. The molecule has 3 heterocycles. The van der Waals surface area contributed by atoms with Crippen LogP contribution in [-0.4, -0.2) is 52.2 Å². The van der Waals surface area contributed by atoms with Crippen molar-refractivity contribution in [2.24, 2.45) is 5.73 Å². The molecule has 2 unspecified atom stereocenters. The molecule has 0 spiro atoms. The SMILES string of the molecule is CC1(CN)CCCN1Cc1cccc2c1C(=O)N(C1CCC(=O)NC1=O)C2. The molecule has 0 bridgehead atoms. The van der Waals surface area contributed by atoms with Crippen molar-refractivity contribution in [2.75, 3.05) is 13.1 Å². The van der Waals surface area contributed by atoms with Crippen LogP contribution < -0.4 is 11.1 Å². The van der Waals surface area contributed by atoms with Gasteiger partial charge in [0, 0.05) is 37.2 Å². The molecule has 0 saturated carbocycles. The van der Waals surface area contributed by atoms with Crippen molar-refractivity contribution in [3.63, 3.8) is 0 Å². The number of benzene rings is 1. The monoisotopic (exact) mass is 370 g/mol. The number of likely N-dealkylation sites (tertiary alicyclic amines) is 1. The molecular weight excluding hydrogens is 344 g/mol. The maximum atomic E-state index is 13.2. The summed E-state index contributed by atoms with van der Waals surface area (Å²) in [6.45, 7) is 4.86. The average molecular weight is 370 g/mol. The second-order valence-corrected chi connectivity index (χ2v) is 8.08. The molecule has 3 amide bonds. The van der Waals surface area contributed by atoms with E-state index in [2.05, 4.69) is 17.1 Å². The van der Waals surface area contributed by atoms with Gasteiger partial charge < -0.3 is 10.6 Å². The lowest BCUT2D eigenvalue weighted by atomic mass is 9.97. The number of fused-ring (bicyclic) bond motifs is 1. The topological polar surface area (TPSA) is 95.7 Å². The molecule has 2 saturated heterocycles. The standard InChI is InChI=1S/C20H26N4O3/c1-20(12-21)8-3-9-23(20)10-13-4-2-5-14-11-24(19(27)17(13)14)15-6-7-16(25)22-18(15)26/h2,4-5,15H,3,6-12,21H2,1H3,(H,22,25,26). The summed E-state index contributed by atoms with van der Waals surface area (Å²) in [7, 11) is 0. The predicted molar refractivity (Wildman–Crippen MR) is 99.6 cm³/mol. The van der Waals surface area contributed by atoms with Crippen molar-refractivity contribution < 1.29 is 14.4 Å². The van der Waals surface area contributed by atoms with Crippen LogP contribution in [0.1, 0.15) is 54.1 Å². The first-order valence-electron chi connectivity index (χ1n) is 9.63. The summed E-state index contributed by atoms with van der Waals surface area (Å²) in [5, 5.41) is 2.35. The third-order valence-corrected chi connectivity index (χ3v) is 6.35. The van der Waals surface area contributed by atoms with E-state index in [1.807, 2.05) is 18.2 Å². The largest absolute Gasteiger partial charge is 0.329 e. The first kappa shape index (κ1) is 18.1. The Bertz CT molecular complexity index is 808. The van der Waals surface area contributed by atoms with Gasteiger partial charge in [-0.3, -0.25) is 24.6 Å². The van der Waals surface area contributed by atoms with Crippen LogP contribution in [0.5, 0.6) is 0 Å². The van der Waals surface area contributed by atoms with Gasteiger partial charge in [-0.25, -0.2) is 0 Å². The van der Waals surface area contributed by atoms with Crippen molar-refractivity contribution >= 4 is 17.7 Å². The van der Waals surface area contributed by atoms with Crippen molar-refractivity contribution in [1.82, 2.24) is 15.1 Å². The second kappa shape index (κ2) is 6.73. The molecule has 3 aliphatic rings. The Labute approximate surface area is 158 Å². The Morgan fingerprint density at radius 2 is 2.11 bits per heavy atom. The Morgan fingerprint density at radius 1 is 1.30 bits per heavy atom. The molecule has 1 aromatic carbocycles. The molecule has 2 fully saturated rings. The number of nitrogens with one attached hydrogen (secondary N) is 1. The number of nitrogens with two attached hydrogens (primary N) is 1. The van der Waals surface area contributed by atoms with Gasteiger partial charge in [0.05, 0.1) is 0 Å². The maximum Gasteiger partial charge on any atom is 0.255 e. The third kappa shape index (κ3) is 3.04. The number of imide groups is 1. The van der Waals surface area contributed by atoms with Gasteiger partial charge in [0.2, 0.25) is 11.8 Å². The van der Waals surface area contributed by atoms with E-state index in [9.17, 15) is 14.4 Å². The quantitative estimate of drug-likeness (QED) is 0.763. The van der Waals surface area contributed by atoms with Crippen LogP contribution in [0.25, 0.3) is 0 Å². The lowest BCUT2D eigenvalue weighted by molar-refractivity contribution is -0.136. The van der Waals surface area contributed by atoms with E-state index >= 15 is 0 Å². The molecule has 7 heteroatoms. The fourth-order valence-electron chi connectivity index (χ4n) is 4.61. The van der Waals surface area contributed by atoms with Crippen LogP contribution in [0.2, 0.25) is 0 Å². The summed E-state index contributed by atoms with van der Waals surface area (Å²) in [4.78, 5) is 40.8. The highest BCUT2D eigenvalue weighted by Crippen LogP contribution is 2.34. The predicted octanol–water partition coefficient (Wildman–Crippen LogP) is 0.761. The molecule has 144 valence electrons. The van der Waals surface area contributed by atoms with Crippen molar-refractivity contribution in [1.29, 1.82) is 0 Å². The number of nitrogens with zero attached hydrogens (tertiary/aromatic N) is 2. The molecule has 3 aliphatic heterocycles. The molecular formula is C20H26N4O3. The number of carbonyl (C=O) groups is 3. The number of amides is 3. The minimum absolute atomic E-state index is 0.0340. The van der Waals surface area contributed by atoms with Gasteiger partial charge >= 0.3 is 0 Å². The lowest BCUT2D eigenvalue weighted by Gasteiger charge is -2.34. The van der Waals surface area contributed by atoms with Crippen LogP contribution in [0.4, 0.5) is 0 Å². The van der Waals surface area contributed by atoms with Crippen LogP contribution in [0.15, 0.2) is 18.2 Å². The molecule has 0 aliphatic carbocycles. The first-order valence-corrected chi connectivity index (χ1v) is 9.63. The van der Waals surface area contributed by atoms with Gasteiger partial charge in [-0.1, -0.05) is 18.2 Å². The fourth-order valence-corrected chi connectivity index (χ4v) is 4.61. The summed E-state index contributed by atoms with van der Waals surface area (Å²) in [5.74, 6) is -0.746. The summed E-state index contributed by atoms with van der Waals surface area (Å²) in [5.41, 5.74) is 8.64. The number of piperidine rings is 1. The van der Waals surface area contributed by atoms with Crippen molar-refractivity contribution in [3.8, 4) is 0 Å². The molecule has 0 aromatic heterocycles. The second-order valence-electron chi connectivity index (χ2n) is 8.08. The zero-order valence-electron chi connectivity index (χ0n) is 15.7. The van der Waals surface area contributed by atoms with E-state index in [4.69, 9.17) is 5.73 Å². The highest BCUT2D eigenvalue weighted by atomic mass is 16.2. The lowest BCUT2D eigenvalue weighted by Crippen LogP contribution is -2.52. The van der Waals surface area contributed by atoms with Crippen molar-refractivity contribution in [2.45, 2.75) is 57.3 Å². The zero-order valence-corrected chi connectivity index (χ0v) is 15.7. The fraction of sp³-hybridized carbons (Fsp3) is 0.550. The van der Waals surface area contributed by atoms with Gasteiger partial charge in [0.15, 0.2) is 0 Å². The Morgan fingerprint density at radius 3 is 2.85 bits per heavy atom. The van der Waals surface area contributed by atoms with Crippen LogP contribution in [0.3, 0.4) is 0 Å². The number of hydrogen-bond acceptors (Lipinski definition) is 5. The van der Waals surface area contributed by atoms with Crippen molar-refractivity contribution in [3.05, 3.63) is 34.9 Å². The minimum Gasteiger partial charge on any atom is -0.329 e. The summed E-state index contributed by atoms with van der Waals surface area (Å²) in [6, 6.07) is 5.36. The molecule has 3 N–H and O–H groups in total. The number of carbonyl (C=O) groups excluding carboxylic acids is 3. The van der Waals surface area contributed by atoms with Gasteiger partial charge in [-0.15, -0.1) is 0 Å². The molecule has 4 rings (SSSR count). The highest BCUT2D eigenvalue weighted by Gasteiger charge is 2.41. The van der Waals surface area contributed by atoms with E-state index in [0.29, 0.717) is 31.6 Å². The number of rotatable bonds is 4. The molecule has 1 aromatic rings. The summed E-state index contributed by atoms with van der Waals surface area (Å²) < 4.78 is 0. The van der Waals surface area contributed by atoms with E-state index in [1.165, 1.54) is 0 Å². The Kier molecular flexibility index (Phi) is 4.52. The van der Waals surface area contributed by atoms with E-state index in [1.54, 1.807) is 4.90 Å². The third-order valence-electron chi connectivity index (χ3n) is 6.35. The molecule has 0 radical (unpaired) electrons. The zero-order chi connectivity index (χ0) is 19.2. The Balaban J connectivity index is 1.59. The summed E-state index contributed by atoms with van der Waals surface area (Å²) >= 11 is 0. The van der Waals surface area contributed by atoms with Crippen LogP contribution >= 0.6 is 0 Å². The van der Waals surface area contributed by atoms with Crippen LogP contribution in [0, 0.1) is 0 Å². The molecule has 2 atom stereocenters. The smallest absolute Gasteiger partial charge is 0.255 e. The average Bonchev–Trinajstić information content (AvgIpc) is 3.17. The van der Waals surface area contributed by atoms with E-state index < -0.39 is 6.04 Å². The highest BCUT2D eigenvalue weighted by molar-refractivity contribution is 6.05. The molecule has 27 heavy (non-hydrogen) atoms. The van der Waals surface area contributed by atoms with E-state index in [-0.39, 0.29) is 29.7 Å². The van der Waals surface area contributed by atoms with Crippen LogP contribution in [-0.2, 0) is 22.7 Å². The summed E-state index contributed by atoms with van der Waals surface area (Å²) in [6.07, 6.45) is 2.83. The molecule has 7 nitrogen and oxygen atoms in total. The van der Waals surface area contributed by atoms with Gasteiger partial charge in [0.25, 0.3) is 5.91 Å². The van der Waals surface area contributed by atoms with E-state index in [0.717, 1.165) is 30.5 Å². The van der Waals surface area contributed by atoms with Gasteiger partial charge in [0.1, 0.15) is 6.04 Å². The first-order chi connectivity index (χ1) is 12.9. The van der Waals surface area contributed by atoms with Gasteiger partial charge in [-0.05, 0) is 43.9 Å². The normalized spacial score (nSPS) is 28.6. The Hall–Kier alpha value is -2.25. The van der Waals surface area contributed by atoms with Gasteiger partial charge in [-0.2, -0.15) is 0 Å².